The average Bonchev–Trinajstić information content (AvgIpc) is 2.25. The molecule has 0 atom stereocenters. The summed E-state index contributed by atoms with van der Waals surface area (Å²) in [6.07, 6.45) is 4.06. The molecule has 0 unspecified atom stereocenters. The lowest BCUT2D eigenvalue weighted by molar-refractivity contribution is 0.281. The minimum atomic E-state index is 0.0260. The van der Waals surface area contributed by atoms with Crippen molar-refractivity contribution in [2.75, 3.05) is 18.5 Å². The fraction of sp³-hybridized carbons (Fsp3) is 0.545. The van der Waals surface area contributed by atoms with E-state index >= 15 is 0 Å². The third-order valence-electron chi connectivity index (χ3n) is 2.29. The van der Waals surface area contributed by atoms with Crippen LogP contribution >= 0.6 is 15.9 Å². The second-order valence-corrected chi connectivity index (χ2v) is 4.49. The Morgan fingerprint density at radius 1 is 1.53 bits per heavy atom. The molecule has 0 aliphatic carbocycles. The highest BCUT2D eigenvalue weighted by Crippen LogP contribution is 2.20. The van der Waals surface area contributed by atoms with E-state index in [2.05, 4.69) is 32.7 Å². The molecule has 3 nitrogen and oxygen atoms in total. The van der Waals surface area contributed by atoms with Gasteiger partial charge in [0.15, 0.2) is 0 Å². The lowest BCUT2D eigenvalue weighted by atomic mass is 10.2. The number of halogens is 1. The van der Waals surface area contributed by atoms with Gasteiger partial charge in [0.05, 0.1) is 6.61 Å². The van der Waals surface area contributed by atoms with Gasteiger partial charge in [0, 0.05) is 29.8 Å². The van der Waals surface area contributed by atoms with E-state index < -0.39 is 0 Å². The first kappa shape index (κ1) is 12.5. The monoisotopic (exact) mass is 272 g/mol. The summed E-state index contributed by atoms with van der Waals surface area (Å²) >= 11 is 3.35. The van der Waals surface area contributed by atoms with E-state index in [4.69, 9.17) is 0 Å². The molecular formula is C11H17BrN2O. The molecule has 0 saturated carbocycles. The van der Waals surface area contributed by atoms with Gasteiger partial charge in [0.1, 0.15) is 5.82 Å². The van der Waals surface area contributed by atoms with E-state index in [1.54, 1.807) is 6.20 Å². The highest BCUT2D eigenvalue weighted by Gasteiger charge is 2.08. The topological polar surface area (TPSA) is 36.4 Å². The number of hydrogen-bond acceptors (Lipinski definition) is 3. The first-order valence-electron chi connectivity index (χ1n) is 5.15. The van der Waals surface area contributed by atoms with Crippen molar-refractivity contribution in [3.05, 3.63) is 22.3 Å². The zero-order valence-corrected chi connectivity index (χ0v) is 10.8. The number of hydrogen-bond donors (Lipinski definition) is 1. The van der Waals surface area contributed by atoms with Crippen molar-refractivity contribution in [2.45, 2.75) is 26.4 Å². The van der Waals surface area contributed by atoms with E-state index in [1.807, 2.05) is 13.1 Å². The van der Waals surface area contributed by atoms with Crippen LogP contribution in [0.2, 0.25) is 0 Å². The molecule has 0 spiro atoms. The average molecular weight is 273 g/mol. The fourth-order valence-electron chi connectivity index (χ4n) is 1.44. The summed E-state index contributed by atoms with van der Waals surface area (Å²) in [6.45, 7) is 3.16. The van der Waals surface area contributed by atoms with Crippen LogP contribution in [0.15, 0.2) is 16.7 Å². The SMILES string of the molecule is CCCCN(C)c1ncc(Br)cc1CO. The van der Waals surface area contributed by atoms with Gasteiger partial charge >= 0.3 is 0 Å². The molecule has 0 amide bonds. The summed E-state index contributed by atoms with van der Waals surface area (Å²) in [6, 6.07) is 1.91. The molecule has 1 aromatic heterocycles. The second kappa shape index (κ2) is 6.08. The Bertz CT molecular complexity index is 317. The van der Waals surface area contributed by atoms with Crippen molar-refractivity contribution >= 4 is 21.7 Å². The fourth-order valence-corrected chi connectivity index (χ4v) is 1.81. The normalized spacial score (nSPS) is 10.4. The number of rotatable bonds is 5. The van der Waals surface area contributed by atoms with Crippen molar-refractivity contribution in [3.63, 3.8) is 0 Å². The van der Waals surface area contributed by atoms with Crippen molar-refractivity contribution in [1.82, 2.24) is 4.98 Å². The van der Waals surface area contributed by atoms with Gasteiger partial charge in [-0.05, 0) is 28.4 Å². The molecule has 0 aliphatic heterocycles. The van der Waals surface area contributed by atoms with E-state index in [9.17, 15) is 5.11 Å². The Morgan fingerprint density at radius 3 is 2.87 bits per heavy atom. The molecule has 0 aromatic carbocycles. The van der Waals surface area contributed by atoms with Gasteiger partial charge in [-0.25, -0.2) is 4.98 Å². The van der Waals surface area contributed by atoms with Gasteiger partial charge in [0.2, 0.25) is 0 Å². The maximum atomic E-state index is 9.23. The molecule has 4 heteroatoms. The highest BCUT2D eigenvalue weighted by atomic mass is 79.9. The number of nitrogens with zero attached hydrogens (tertiary/aromatic N) is 2. The number of aromatic nitrogens is 1. The minimum Gasteiger partial charge on any atom is -0.392 e. The van der Waals surface area contributed by atoms with Crippen molar-refractivity contribution < 1.29 is 5.11 Å². The zero-order chi connectivity index (χ0) is 11.3. The molecule has 1 rings (SSSR count). The van der Waals surface area contributed by atoms with Gasteiger partial charge in [-0.3, -0.25) is 0 Å². The van der Waals surface area contributed by atoms with Crippen molar-refractivity contribution in [1.29, 1.82) is 0 Å². The lowest BCUT2D eigenvalue weighted by Crippen LogP contribution is -2.21. The van der Waals surface area contributed by atoms with Crippen LogP contribution in [0.3, 0.4) is 0 Å². The first-order chi connectivity index (χ1) is 7.19. The maximum absolute atomic E-state index is 9.23. The minimum absolute atomic E-state index is 0.0260. The molecule has 0 fully saturated rings. The summed E-state index contributed by atoms with van der Waals surface area (Å²) in [5, 5.41) is 9.23. The largest absolute Gasteiger partial charge is 0.392 e. The molecule has 1 heterocycles. The molecular weight excluding hydrogens is 256 g/mol. The number of aliphatic hydroxyl groups excluding tert-OH is 1. The van der Waals surface area contributed by atoms with Crippen LogP contribution in [0.4, 0.5) is 5.82 Å². The van der Waals surface area contributed by atoms with Crippen LogP contribution in [0, 0.1) is 0 Å². The number of pyridine rings is 1. The molecule has 0 bridgehead atoms. The first-order valence-corrected chi connectivity index (χ1v) is 5.94. The lowest BCUT2D eigenvalue weighted by Gasteiger charge is -2.20. The standard InChI is InChI=1S/C11H17BrN2O/c1-3-4-5-14(2)11-9(8-15)6-10(12)7-13-11/h6-7,15H,3-5,8H2,1-2H3. The van der Waals surface area contributed by atoms with Crippen molar-refractivity contribution in [3.8, 4) is 0 Å². The molecule has 0 radical (unpaired) electrons. The predicted octanol–water partition coefficient (Wildman–Crippen LogP) is 2.57. The van der Waals surface area contributed by atoms with Crippen LogP contribution < -0.4 is 4.90 Å². The van der Waals surface area contributed by atoms with Crippen LogP contribution in [0.1, 0.15) is 25.3 Å². The third kappa shape index (κ3) is 3.47. The summed E-state index contributed by atoms with van der Waals surface area (Å²) in [5.41, 5.74) is 0.864. The number of aliphatic hydroxyl groups is 1. The third-order valence-corrected chi connectivity index (χ3v) is 2.72. The van der Waals surface area contributed by atoms with Crippen LogP contribution in [0.5, 0.6) is 0 Å². The zero-order valence-electron chi connectivity index (χ0n) is 9.20. The predicted molar refractivity (Wildman–Crippen MR) is 66.0 cm³/mol. The molecule has 0 saturated heterocycles. The van der Waals surface area contributed by atoms with Crippen LogP contribution in [-0.2, 0) is 6.61 Å². The molecule has 1 aromatic rings. The second-order valence-electron chi connectivity index (χ2n) is 3.57. The van der Waals surface area contributed by atoms with E-state index in [0.717, 1.165) is 35.2 Å². The van der Waals surface area contributed by atoms with Gasteiger partial charge in [-0.1, -0.05) is 13.3 Å². The van der Waals surface area contributed by atoms with E-state index in [1.165, 1.54) is 0 Å². The summed E-state index contributed by atoms with van der Waals surface area (Å²) in [5.74, 6) is 0.870. The number of unbranched alkanes of at least 4 members (excludes halogenated alkanes) is 1. The quantitative estimate of drug-likeness (QED) is 0.895. The van der Waals surface area contributed by atoms with Crippen LogP contribution in [0.25, 0.3) is 0 Å². The highest BCUT2D eigenvalue weighted by molar-refractivity contribution is 9.10. The molecule has 15 heavy (non-hydrogen) atoms. The van der Waals surface area contributed by atoms with Gasteiger partial charge in [0.25, 0.3) is 0 Å². The van der Waals surface area contributed by atoms with Gasteiger partial charge < -0.3 is 10.0 Å². The Labute approximate surface area is 99.3 Å². The Hall–Kier alpha value is -0.610. The molecule has 0 aliphatic rings. The maximum Gasteiger partial charge on any atom is 0.133 e. The Morgan fingerprint density at radius 2 is 2.27 bits per heavy atom. The Balaban J connectivity index is 2.82. The van der Waals surface area contributed by atoms with Crippen molar-refractivity contribution in [2.24, 2.45) is 0 Å². The summed E-state index contributed by atoms with van der Waals surface area (Å²) in [4.78, 5) is 6.41. The summed E-state index contributed by atoms with van der Waals surface area (Å²) in [7, 11) is 2.01. The smallest absolute Gasteiger partial charge is 0.133 e. The molecule has 84 valence electrons. The van der Waals surface area contributed by atoms with E-state index in [0.29, 0.717) is 0 Å². The Kier molecular flexibility index (Phi) is 5.05. The van der Waals surface area contributed by atoms with Crippen LogP contribution in [-0.4, -0.2) is 23.7 Å². The molecule has 1 N–H and O–H groups in total. The van der Waals surface area contributed by atoms with Gasteiger partial charge in [-0.2, -0.15) is 0 Å². The number of anilines is 1. The van der Waals surface area contributed by atoms with Gasteiger partial charge in [-0.15, -0.1) is 0 Å². The summed E-state index contributed by atoms with van der Waals surface area (Å²) < 4.78 is 0.902. The van der Waals surface area contributed by atoms with E-state index in [-0.39, 0.29) is 6.61 Å².